The number of carboxylic acids is 1. The molecule has 7 heteroatoms. The summed E-state index contributed by atoms with van der Waals surface area (Å²) in [6.45, 7) is 3.28. The second-order valence-electron chi connectivity index (χ2n) is 9.47. The van der Waals surface area contributed by atoms with Gasteiger partial charge in [-0.1, -0.05) is 55.5 Å². The van der Waals surface area contributed by atoms with E-state index in [1.165, 1.54) is 22.3 Å². The summed E-state index contributed by atoms with van der Waals surface area (Å²) >= 11 is 0. The molecule has 1 aliphatic heterocycles. The number of amides is 2. The van der Waals surface area contributed by atoms with Crippen LogP contribution >= 0.6 is 0 Å². The Kier molecular flexibility index (Phi) is 5.56. The summed E-state index contributed by atoms with van der Waals surface area (Å²) in [5.74, 6) is -1.42. The quantitative estimate of drug-likeness (QED) is 0.707. The molecular formula is C26H28N2O5. The van der Waals surface area contributed by atoms with Crippen LogP contribution in [0.15, 0.2) is 48.5 Å². The van der Waals surface area contributed by atoms with E-state index in [0.29, 0.717) is 19.5 Å². The topological polar surface area (TPSA) is 95.9 Å². The first-order valence-corrected chi connectivity index (χ1v) is 11.5. The van der Waals surface area contributed by atoms with E-state index in [1.807, 2.05) is 31.2 Å². The molecule has 33 heavy (non-hydrogen) atoms. The van der Waals surface area contributed by atoms with Crippen LogP contribution in [-0.4, -0.2) is 54.2 Å². The predicted octanol–water partition coefficient (Wildman–Crippen LogP) is 3.34. The van der Waals surface area contributed by atoms with Gasteiger partial charge >= 0.3 is 12.1 Å². The normalized spacial score (nSPS) is 25.3. The van der Waals surface area contributed by atoms with Crippen LogP contribution in [0.2, 0.25) is 0 Å². The first kappa shape index (κ1) is 21.5. The van der Waals surface area contributed by atoms with Crippen LogP contribution < -0.4 is 5.32 Å². The van der Waals surface area contributed by atoms with Crippen LogP contribution in [-0.2, 0) is 14.3 Å². The van der Waals surface area contributed by atoms with E-state index < -0.39 is 18.0 Å². The molecule has 5 rings (SSSR count). The van der Waals surface area contributed by atoms with Crippen molar-refractivity contribution in [3.63, 3.8) is 0 Å². The summed E-state index contributed by atoms with van der Waals surface area (Å²) in [6, 6.07) is 16.4. The molecule has 1 saturated carbocycles. The molecule has 2 aromatic rings. The highest BCUT2D eigenvalue weighted by Crippen LogP contribution is 2.44. The van der Waals surface area contributed by atoms with Crippen molar-refractivity contribution in [2.45, 2.75) is 19.3 Å². The SMILES string of the molecule is C[C@@H]1CN(C(=O)C2CC2CNC(=O)OCC2c3ccccc3-c3ccccc32)C[C@H]1C(=O)O. The molecule has 1 heterocycles. The summed E-state index contributed by atoms with van der Waals surface area (Å²) in [5, 5.41) is 12.1. The highest BCUT2D eigenvalue weighted by Gasteiger charge is 2.48. The molecule has 2 fully saturated rings. The molecule has 2 unspecified atom stereocenters. The van der Waals surface area contributed by atoms with Gasteiger partial charge in [-0.2, -0.15) is 0 Å². The number of benzene rings is 2. The van der Waals surface area contributed by atoms with E-state index in [1.54, 1.807) is 4.90 Å². The largest absolute Gasteiger partial charge is 0.481 e. The van der Waals surface area contributed by atoms with E-state index in [9.17, 15) is 19.5 Å². The van der Waals surface area contributed by atoms with Gasteiger partial charge in [0.15, 0.2) is 0 Å². The smallest absolute Gasteiger partial charge is 0.407 e. The molecule has 2 aromatic carbocycles. The number of nitrogens with zero attached hydrogens (tertiary/aromatic N) is 1. The molecular weight excluding hydrogens is 420 g/mol. The average Bonchev–Trinajstić information content (AvgIpc) is 3.38. The molecule has 7 nitrogen and oxygen atoms in total. The van der Waals surface area contributed by atoms with Crippen molar-refractivity contribution in [2.75, 3.05) is 26.2 Å². The lowest BCUT2D eigenvalue weighted by Crippen LogP contribution is -2.33. The molecule has 172 valence electrons. The Balaban J connectivity index is 1.10. The Bertz CT molecular complexity index is 1050. The van der Waals surface area contributed by atoms with Gasteiger partial charge in [0, 0.05) is 31.5 Å². The number of hydrogen-bond acceptors (Lipinski definition) is 4. The third-order valence-electron chi connectivity index (χ3n) is 7.33. The van der Waals surface area contributed by atoms with Gasteiger partial charge in [-0.25, -0.2) is 4.79 Å². The molecule has 1 saturated heterocycles. The maximum Gasteiger partial charge on any atom is 0.407 e. The Morgan fingerprint density at radius 1 is 1.00 bits per heavy atom. The first-order valence-electron chi connectivity index (χ1n) is 11.5. The molecule has 0 radical (unpaired) electrons. The van der Waals surface area contributed by atoms with Crippen LogP contribution in [0.1, 0.15) is 30.4 Å². The van der Waals surface area contributed by atoms with Gasteiger partial charge in [-0.05, 0) is 40.5 Å². The lowest BCUT2D eigenvalue weighted by molar-refractivity contribution is -0.142. The fourth-order valence-electron chi connectivity index (χ4n) is 5.34. The van der Waals surface area contributed by atoms with E-state index >= 15 is 0 Å². The Hall–Kier alpha value is -3.35. The van der Waals surface area contributed by atoms with E-state index in [2.05, 4.69) is 29.6 Å². The minimum absolute atomic E-state index is 0.00457. The van der Waals surface area contributed by atoms with Crippen LogP contribution in [0.3, 0.4) is 0 Å². The number of carbonyl (C=O) groups is 3. The maximum absolute atomic E-state index is 12.7. The van der Waals surface area contributed by atoms with Crippen molar-refractivity contribution < 1.29 is 24.2 Å². The Morgan fingerprint density at radius 2 is 1.64 bits per heavy atom. The predicted molar refractivity (Wildman–Crippen MR) is 122 cm³/mol. The van der Waals surface area contributed by atoms with Gasteiger partial charge in [0.25, 0.3) is 0 Å². The van der Waals surface area contributed by atoms with Gasteiger partial charge < -0.3 is 20.1 Å². The van der Waals surface area contributed by atoms with Crippen molar-refractivity contribution in [1.29, 1.82) is 0 Å². The van der Waals surface area contributed by atoms with Gasteiger partial charge in [0.2, 0.25) is 5.91 Å². The van der Waals surface area contributed by atoms with Gasteiger partial charge in [-0.3, -0.25) is 9.59 Å². The molecule has 3 aliphatic rings. The minimum atomic E-state index is -0.845. The molecule has 0 spiro atoms. The van der Waals surface area contributed by atoms with Crippen molar-refractivity contribution in [3.05, 3.63) is 59.7 Å². The third-order valence-corrected chi connectivity index (χ3v) is 7.33. The lowest BCUT2D eigenvalue weighted by Gasteiger charge is -2.16. The number of carbonyl (C=O) groups excluding carboxylic acids is 2. The monoisotopic (exact) mass is 448 g/mol. The molecule has 0 aromatic heterocycles. The number of fused-ring (bicyclic) bond motifs is 3. The summed E-state index contributed by atoms with van der Waals surface area (Å²) in [6.07, 6.45) is 0.237. The van der Waals surface area contributed by atoms with Gasteiger partial charge in [0.1, 0.15) is 6.61 Å². The number of carboxylic acid groups (broad SMARTS) is 1. The zero-order valence-corrected chi connectivity index (χ0v) is 18.6. The third kappa shape index (κ3) is 4.08. The van der Waals surface area contributed by atoms with Crippen molar-refractivity contribution in [2.24, 2.45) is 23.7 Å². The molecule has 0 bridgehead atoms. The highest BCUT2D eigenvalue weighted by molar-refractivity contribution is 5.83. The summed E-state index contributed by atoms with van der Waals surface area (Å²) in [7, 11) is 0. The van der Waals surface area contributed by atoms with Crippen molar-refractivity contribution >= 4 is 18.0 Å². The Labute approximate surface area is 192 Å². The van der Waals surface area contributed by atoms with E-state index in [4.69, 9.17) is 4.74 Å². The molecule has 2 amide bonds. The standard InChI is InChI=1S/C26H28N2O5/c1-15-12-28(13-22(15)25(30)31)24(29)21-10-16(21)11-27-26(32)33-14-23-19-8-4-2-6-17(19)18-7-3-5-9-20(18)23/h2-9,15-16,21-23H,10-14H2,1H3,(H,27,32)(H,30,31)/t15-,16?,21?,22-/m1/s1. The summed E-state index contributed by atoms with van der Waals surface area (Å²) in [5.41, 5.74) is 4.70. The van der Waals surface area contributed by atoms with Crippen LogP contribution in [0.4, 0.5) is 4.79 Å². The zero-order chi connectivity index (χ0) is 23.1. The maximum atomic E-state index is 12.7. The van der Waals surface area contributed by atoms with Crippen LogP contribution in [0, 0.1) is 23.7 Å². The highest BCUT2D eigenvalue weighted by atomic mass is 16.5. The average molecular weight is 449 g/mol. The second-order valence-corrected chi connectivity index (χ2v) is 9.47. The van der Waals surface area contributed by atoms with Crippen molar-refractivity contribution in [3.8, 4) is 11.1 Å². The number of alkyl carbamates (subject to hydrolysis) is 1. The fraction of sp³-hybridized carbons (Fsp3) is 0.423. The second kappa shape index (κ2) is 8.54. The van der Waals surface area contributed by atoms with Gasteiger partial charge in [-0.15, -0.1) is 0 Å². The minimum Gasteiger partial charge on any atom is -0.481 e. The summed E-state index contributed by atoms with van der Waals surface area (Å²) < 4.78 is 5.56. The number of rotatable bonds is 6. The molecule has 4 atom stereocenters. The van der Waals surface area contributed by atoms with Crippen LogP contribution in [0.5, 0.6) is 0 Å². The number of aliphatic carboxylic acids is 1. The number of ether oxygens (including phenoxy) is 1. The fourth-order valence-corrected chi connectivity index (χ4v) is 5.34. The molecule has 2 aliphatic carbocycles. The zero-order valence-electron chi connectivity index (χ0n) is 18.6. The van der Waals surface area contributed by atoms with Gasteiger partial charge in [0.05, 0.1) is 5.92 Å². The Morgan fingerprint density at radius 3 is 2.24 bits per heavy atom. The number of likely N-dealkylation sites (tertiary alicyclic amines) is 1. The number of hydrogen-bond donors (Lipinski definition) is 2. The first-order chi connectivity index (χ1) is 15.9. The van der Waals surface area contributed by atoms with E-state index in [0.717, 1.165) is 0 Å². The lowest BCUT2D eigenvalue weighted by atomic mass is 9.98. The van der Waals surface area contributed by atoms with E-state index in [-0.39, 0.29) is 42.7 Å². The van der Waals surface area contributed by atoms with Crippen LogP contribution in [0.25, 0.3) is 11.1 Å². The number of nitrogens with one attached hydrogen (secondary N) is 1. The van der Waals surface area contributed by atoms with Crippen molar-refractivity contribution in [1.82, 2.24) is 10.2 Å². The molecule has 2 N–H and O–H groups in total. The summed E-state index contributed by atoms with van der Waals surface area (Å²) in [4.78, 5) is 38.0.